The number of hydrogen-bond acceptors (Lipinski definition) is 2. The topological polar surface area (TPSA) is 35.2 Å². The first kappa shape index (κ1) is 11.8. The summed E-state index contributed by atoms with van der Waals surface area (Å²) in [7, 11) is 0. The lowest BCUT2D eigenvalue weighted by Gasteiger charge is -2.07. The molecule has 0 radical (unpaired) electrons. The van der Waals surface area contributed by atoms with Crippen molar-refractivity contribution in [2.24, 2.45) is 5.73 Å². The van der Waals surface area contributed by atoms with Crippen LogP contribution in [0.2, 0.25) is 0 Å². The van der Waals surface area contributed by atoms with Gasteiger partial charge in [0.05, 0.1) is 6.10 Å². The van der Waals surface area contributed by atoms with E-state index in [-0.39, 0.29) is 19.0 Å². The minimum atomic E-state index is -2.70. The lowest BCUT2D eigenvalue weighted by atomic mass is 10.4. The minimum absolute atomic E-state index is 0. The Kier molecular flexibility index (Phi) is 8.13. The first-order valence-electron chi connectivity index (χ1n) is 2.30. The van der Waals surface area contributed by atoms with Crippen LogP contribution in [0.15, 0.2) is 0 Å². The molecule has 0 unspecified atom stereocenters. The Morgan fingerprint density at radius 2 is 2.00 bits per heavy atom. The molecule has 0 rings (SSSR count). The summed E-state index contributed by atoms with van der Waals surface area (Å²) in [5, 5.41) is 0. The standard InChI is InChI=1S/C4H9F2NO.ClH/c1-3(2-7)8-4(5)6;/h3-4H,2,7H2,1H3;1H/t3-;/m0./s1. The van der Waals surface area contributed by atoms with Gasteiger partial charge in [0.25, 0.3) is 0 Å². The molecule has 0 fully saturated rings. The van der Waals surface area contributed by atoms with Crippen molar-refractivity contribution in [3.05, 3.63) is 0 Å². The van der Waals surface area contributed by atoms with Crippen LogP contribution in [0.5, 0.6) is 0 Å². The molecular weight excluding hydrogens is 151 g/mol. The second-order valence-electron chi connectivity index (χ2n) is 1.44. The highest BCUT2D eigenvalue weighted by molar-refractivity contribution is 5.85. The van der Waals surface area contributed by atoms with Crippen molar-refractivity contribution in [2.45, 2.75) is 19.6 Å². The molecule has 0 aliphatic heterocycles. The summed E-state index contributed by atoms with van der Waals surface area (Å²) in [4.78, 5) is 0. The van der Waals surface area contributed by atoms with Crippen molar-refractivity contribution >= 4 is 12.4 Å². The van der Waals surface area contributed by atoms with E-state index in [2.05, 4.69) is 4.74 Å². The van der Waals surface area contributed by atoms with Gasteiger partial charge in [-0.1, -0.05) is 0 Å². The van der Waals surface area contributed by atoms with Crippen LogP contribution in [-0.2, 0) is 4.74 Å². The van der Waals surface area contributed by atoms with E-state index >= 15 is 0 Å². The minimum Gasteiger partial charge on any atom is -0.328 e. The third-order valence-electron chi connectivity index (χ3n) is 0.667. The van der Waals surface area contributed by atoms with Crippen LogP contribution in [-0.4, -0.2) is 19.3 Å². The summed E-state index contributed by atoms with van der Waals surface area (Å²) >= 11 is 0. The van der Waals surface area contributed by atoms with Crippen LogP contribution in [0.3, 0.4) is 0 Å². The first-order chi connectivity index (χ1) is 3.66. The summed E-state index contributed by atoms with van der Waals surface area (Å²) in [6, 6.07) is 0. The van der Waals surface area contributed by atoms with Gasteiger partial charge in [-0.2, -0.15) is 8.78 Å². The molecular formula is C4H10ClF2NO. The van der Waals surface area contributed by atoms with Crippen LogP contribution in [0, 0.1) is 0 Å². The molecule has 0 amide bonds. The molecule has 9 heavy (non-hydrogen) atoms. The lowest BCUT2D eigenvalue weighted by Crippen LogP contribution is -2.22. The molecule has 0 aliphatic rings. The molecule has 0 aromatic rings. The molecule has 2 N–H and O–H groups in total. The molecule has 0 heterocycles. The van der Waals surface area contributed by atoms with Crippen molar-refractivity contribution in [3.63, 3.8) is 0 Å². The Labute approximate surface area is 58.8 Å². The van der Waals surface area contributed by atoms with E-state index in [1.54, 1.807) is 0 Å². The zero-order valence-corrected chi connectivity index (χ0v) is 5.83. The molecule has 1 atom stereocenters. The summed E-state index contributed by atoms with van der Waals surface area (Å²) in [6.45, 7) is -1.08. The SMILES string of the molecule is C[C@@H](CN)OC(F)F.Cl. The Morgan fingerprint density at radius 3 is 2.11 bits per heavy atom. The van der Waals surface area contributed by atoms with Crippen LogP contribution in [0.4, 0.5) is 8.78 Å². The second-order valence-corrected chi connectivity index (χ2v) is 1.44. The molecule has 0 spiro atoms. The summed E-state index contributed by atoms with van der Waals surface area (Å²) in [5.74, 6) is 0. The maximum atomic E-state index is 11.2. The zero-order chi connectivity index (χ0) is 6.57. The number of hydrogen-bond donors (Lipinski definition) is 1. The first-order valence-corrected chi connectivity index (χ1v) is 2.30. The number of nitrogens with two attached hydrogens (primary N) is 1. The largest absolute Gasteiger partial charge is 0.345 e. The summed E-state index contributed by atoms with van der Waals surface area (Å²) < 4.78 is 26.3. The molecule has 58 valence electrons. The van der Waals surface area contributed by atoms with Crippen molar-refractivity contribution in [1.29, 1.82) is 0 Å². The van der Waals surface area contributed by atoms with Gasteiger partial charge in [0, 0.05) is 6.54 Å². The molecule has 0 aliphatic carbocycles. The highest BCUT2D eigenvalue weighted by Gasteiger charge is 2.06. The van der Waals surface area contributed by atoms with Gasteiger partial charge in [-0.15, -0.1) is 12.4 Å². The number of ether oxygens (including phenoxy) is 1. The molecule has 0 saturated carbocycles. The normalized spacial score (nSPS) is 13.0. The third kappa shape index (κ3) is 8.07. The van der Waals surface area contributed by atoms with E-state index in [0.717, 1.165) is 0 Å². The molecule has 0 aromatic heterocycles. The van der Waals surface area contributed by atoms with E-state index < -0.39 is 12.7 Å². The summed E-state index contributed by atoms with van der Waals surface area (Å²) in [6.07, 6.45) is -0.546. The van der Waals surface area contributed by atoms with E-state index in [0.29, 0.717) is 0 Å². The fourth-order valence-corrected chi connectivity index (χ4v) is 0.231. The Balaban J connectivity index is 0. The van der Waals surface area contributed by atoms with Crippen molar-refractivity contribution in [2.75, 3.05) is 6.54 Å². The smallest absolute Gasteiger partial charge is 0.328 e. The maximum absolute atomic E-state index is 11.2. The van der Waals surface area contributed by atoms with E-state index in [1.165, 1.54) is 6.92 Å². The maximum Gasteiger partial charge on any atom is 0.345 e. The number of halogens is 3. The second kappa shape index (κ2) is 6.19. The summed E-state index contributed by atoms with van der Waals surface area (Å²) in [5.41, 5.74) is 4.96. The van der Waals surface area contributed by atoms with E-state index in [4.69, 9.17) is 5.73 Å². The van der Waals surface area contributed by atoms with Gasteiger partial charge in [-0.25, -0.2) is 0 Å². The van der Waals surface area contributed by atoms with E-state index in [1.807, 2.05) is 0 Å². The Bertz CT molecular complexity index is 64.5. The fraction of sp³-hybridized carbons (Fsp3) is 1.00. The highest BCUT2D eigenvalue weighted by Crippen LogP contribution is 1.98. The van der Waals surface area contributed by atoms with Crippen molar-refractivity contribution < 1.29 is 13.5 Å². The monoisotopic (exact) mass is 161 g/mol. The quantitative estimate of drug-likeness (QED) is 0.670. The van der Waals surface area contributed by atoms with Gasteiger partial charge < -0.3 is 10.5 Å². The predicted molar refractivity (Wildman–Crippen MR) is 32.9 cm³/mol. The van der Waals surface area contributed by atoms with Gasteiger partial charge in [0.1, 0.15) is 0 Å². The van der Waals surface area contributed by atoms with Crippen LogP contribution >= 0.6 is 12.4 Å². The van der Waals surface area contributed by atoms with Crippen LogP contribution < -0.4 is 5.73 Å². The molecule has 2 nitrogen and oxygen atoms in total. The van der Waals surface area contributed by atoms with Crippen LogP contribution in [0.25, 0.3) is 0 Å². The average Bonchev–Trinajstić information content (AvgIpc) is 1.65. The zero-order valence-electron chi connectivity index (χ0n) is 5.01. The highest BCUT2D eigenvalue weighted by atomic mass is 35.5. The molecule has 0 bridgehead atoms. The van der Waals surface area contributed by atoms with Gasteiger partial charge >= 0.3 is 6.61 Å². The van der Waals surface area contributed by atoms with Gasteiger partial charge in [0.15, 0.2) is 0 Å². The fourth-order valence-electron chi connectivity index (χ4n) is 0.231. The van der Waals surface area contributed by atoms with Crippen molar-refractivity contribution in [3.8, 4) is 0 Å². The van der Waals surface area contributed by atoms with Gasteiger partial charge in [-0.3, -0.25) is 0 Å². The molecule has 5 heteroatoms. The van der Waals surface area contributed by atoms with E-state index in [9.17, 15) is 8.78 Å². The predicted octanol–water partition coefficient (Wildman–Crippen LogP) is 0.995. The third-order valence-corrected chi connectivity index (χ3v) is 0.667. The van der Waals surface area contributed by atoms with Crippen molar-refractivity contribution in [1.82, 2.24) is 0 Å². The van der Waals surface area contributed by atoms with Gasteiger partial charge in [-0.05, 0) is 6.92 Å². The molecule has 0 saturated heterocycles. The Hall–Kier alpha value is 0.0700. The number of rotatable bonds is 3. The Morgan fingerprint density at radius 1 is 1.56 bits per heavy atom. The number of alkyl halides is 2. The van der Waals surface area contributed by atoms with Gasteiger partial charge in [0.2, 0.25) is 0 Å². The average molecular weight is 162 g/mol. The van der Waals surface area contributed by atoms with Crippen LogP contribution in [0.1, 0.15) is 6.92 Å². The molecule has 0 aromatic carbocycles. The lowest BCUT2D eigenvalue weighted by molar-refractivity contribution is -0.154.